The van der Waals surface area contributed by atoms with Crippen molar-refractivity contribution in [2.75, 3.05) is 7.11 Å². The number of rotatable bonds is 5. The molecule has 6 heteroatoms. The Kier molecular flexibility index (Phi) is 5.82. The number of carbonyl (C=O) groups excluding carboxylic acids is 2. The Morgan fingerprint density at radius 2 is 2.00 bits per heavy atom. The summed E-state index contributed by atoms with van der Waals surface area (Å²) in [7, 11) is 1.60. The van der Waals surface area contributed by atoms with Gasteiger partial charge in [-0.3, -0.25) is 4.79 Å². The van der Waals surface area contributed by atoms with Crippen LogP contribution < -0.4 is 4.74 Å². The maximum atomic E-state index is 12.3. The molecule has 0 saturated carbocycles. The fraction of sp³-hybridized carbons (Fsp3) is 0.391. The van der Waals surface area contributed by atoms with Gasteiger partial charge in [-0.2, -0.15) is 0 Å². The van der Waals surface area contributed by atoms with E-state index in [1.54, 1.807) is 33.3 Å². The fourth-order valence-electron chi connectivity index (χ4n) is 3.79. The Labute approximate surface area is 170 Å². The number of furan rings is 1. The van der Waals surface area contributed by atoms with E-state index in [0.29, 0.717) is 16.9 Å². The van der Waals surface area contributed by atoms with Crippen molar-refractivity contribution in [2.24, 2.45) is 0 Å². The number of allylic oxidation sites excluding steroid dienone is 1. The van der Waals surface area contributed by atoms with E-state index in [1.807, 2.05) is 26.0 Å². The van der Waals surface area contributed by atoms with Crippen LogP contribution >= 0.6 is 0 Å². The number of benzene rings is 1. The number of esters is 2. The van der Waals surface area contributed by atoms with Gasteiger partial charge in [-0.05, 0) is 38.0 Å². The summed E-state index contributed by atoms with van der Waals surface area (Å²) in [6.45, 7) is 8.90. The van der Waals surface area contributed by atoms with Crippen LogP contribution in [-0.4, -0.2) is 25.2 Å². The maximum Gasteiger partial charge on any atom is 0.333 e. The minimum atomic E-state index is -0.416. The first-order valence-corrected chi connectivity index (χ1v) is 9.56. The first-order valence-electron chi connectivity index (χ1n) is 9.56. The van der Waals surface area contributed by atoms with E-state index >= 15 is 0 Å². The molecule has 29 heavy (non-hydrogen) atoms. The monoisotopic (exact) mass is 398 g/mol. The predicted molar refractivity (Wildman–Crippen MR) is 110 cm³/mol. The second-order valence-electron chi connectivity index (χ2n) is 7.23. The summed E-state index contributed by atoms with van der Waals surface area (Å²) < 4.78 is 22.5. The molecule has 0 N–H and O–H groups in total. The van der Waals surface area contributed by atoms with Gasteiger partial charge in [0.1, 0.15) is 12.7 Å². The van der Waals surface area contributed by atoms with Crippen molar-refractivity contribution >= 4 is 29.0 Å². The van der Waals surface area contributed by atoms with E-state index < -0.39 is 6.10 Å². The maximum absolute atomic E-state index is 12.3. The SMILES string of the molecule is C/C=C(/C)C(=O)OCc1c2c(c(OC)c3occ(C)c13)C=C[C@@H](OC(C)=O)[C@@H]2C. The molecule has 1 aromatic carbocycles. The van der Waals surface area contributed by atoms with Gasteiger partial charge in [0.05, 0.1) is 13.4 Å². The lowest BCUT2D eigenvalue weighted by Gasteiger charge is -2.30. The average molecular weight is 398 g/mol. The van der Waals surface area contributed by atoms with Crippen molar-refractivity contribution in [3.05, 3.63) is 46.2 Å². The molecule has 0 radical (unpaired) electrons. The minimum absolute atomic E-state index is 0.0815. The first kappa shape index (κ1) is 20.7. The third kappa shape index (κ3) is 3.67. The first-order chi connectivity index (χ1) is 13.8. The van der Waals surface area contributed by atoms with Crippen LogP contribution in [0.15, 0.2) is 28.4 Å². The van der Waals surface area contributed by atoms with Gasteiger partial charge in [0.25, 0.3) is 0 Å². The normalized spacial score (nSPS) is 18.5. The Balaban J connectivity index is 2.20. The Morgan fingerprint density at radius 1 is 1.28 bits per heavy atom. The fourth-order valence-corrected chi connectivity index (χ4v) is 3.79. The highest BCUT2D eigenvalue weighted by molar-refractivity contribution is 5.95. The zero-order chi connectivity index (χ0) is 21.3. The van der Waals surface area contributed by atoms with Crippen LogP contribution in [0.3, 0.4) is 0 Å². The van der Waals surface area contributed by atoms with E-state index in [0.717, 1.165) is 27.6 Å². The highest BCUT2D eigenvalue weighted by Crippen LogP contribution is 2.46. The highest BCUT2D eigenvalue weighted by Gasteiger charge is 2.33. The molecule has 0 bridgehead atoms. The second kappa shape index (κ2) is 8.15. The minimum Gasteiger partial charge on any atom is -0.492 e. The molecule has 1 aliphatic carbocycles. The van der Waals surface area contributed by atoms with Gasteiger partial charge in [0, 0.05) is 34.9 Å². The molecule has 154 valence electrons. The third-order valence-electron chi connectivity index (χ3n) is 5.35. The lowest BCUT2D eigenvalue weighted by atomic mass is 9.81. The summed E-state index contributed by atoms with van der Waals surface area (Å²) in [5, 5.41) is 0.857. The molecule has 0 fully saturated rings. The summed E-state index contributed by atoms with van der Waals surface area (Å²) >= 11 is 0. The summed E-state index contributed by atoms with van der Waals surface area (Å²) in [5.74, 6) is -0.253. The number of ether oxygens (including phenoxy) is 3. The van der Waals surface area contributed by atoms with Gasteiger partial charge in [0.15, 0.2) is 11.3 Å². The zero-order valence-corrected chi connectivity index (χ0v) is 17.6. The molecule has 0 spiro atoms. The van der Waals surface area contributed by atoms with Crippen molar-refractivity contribution in [2.45, 2.75) is 53.2 Å². The van der Waals surface area contributed by atoms with E-state index in [4.69, 9.17) is 18.6 Å². The number of carbonyl (C=O) groups is 2. The molecule has 0 saturated heterocycles. The van der Waals surface area contributed by atoms with Crippen LogP contribution in [0.5, 0.6) is 5.75 Å². The smallest absolute Gasteiger partial charge is 0.333 e. The van der Waals surface area contributed by atoms with Crippen LogP contribution in [0.4, 0.5) is 0 Å². The zero-order valence-electron chi connectivity index (χ0n) is 17.6. The molecule has 1 heterocycles. The van der Waals surface area contributed by atoms with Crippen molar-refractivity contribution < 1.29 is 28.2 Å². The number of fused-ring (bicyclic) bond motifs is 2. The summed E-state index contributed by atoms with van der Waals surface area (Å²) in [6, 6.07) is 0. The highest BCUT2D eigenvalue weighted by atomic mass is 16.5. The Hall–Kier alpha value is -3.02. The number of hydrogen-bond acceptors (Lipinski definition) is 6. The van der Waals surface area contributed by atoms with Gasteiger partial charge in [0.2, 0.25) is 0 Å². The molecule has 6 nitrogen and oxygen atoms in total. The van der Waals surface area contributed by atoms with E-state index in [-0.39, 0.29) is 24.5 Å². The van der Waals surface area contributed by atoms with Gasteiger partial charge in [-0.15, -0.1) is 0 Å². The molecule has 2 atom stereocenters. The average Bonchev–Trinajstić information content (AvgIpc) is 3.07. The molecule has 0 amide bonds. The molecule has 0 unspecified atom stereocenters. The van der Waals surface area contributed by atoms with Gasteiger partial charge in [-0.1, -0.05) is 19.1 Å². The van der Waals surface area contributed by atoms with E-state index in [2.05, 4.69) is 0 Å². The molecular weight excluding hydrogens is 372 g/mol. The lowest BCUT2D eigenvalue weighted by Crippen LogP contribution is -2.25. The quantitative estimate of drug-likeness (QED) is 0.531. The molecule has 2 aromatic rings. The van der Waals surface area contributed by atoms with Crippen LogP contribution in [0.2, 0.25) is 0 Å². The van der Waals surface area contributed by atoms with Crippen LogP contribution in [-0.2, 0) is 25.7 Å². The van der Waals surface area contributed by atoms with Crippen molar-refractivity contribution in [1.82, 2.24) is 0 Å². The number of hydrogen-bond donors (Lipinski definition) is 0. The Morgan fingerprint density at radius 3 is 2.62 bits per heavy atom. The molecule has 1 aliphatic rings. The molecule has 1 aromatic heterocycles. The lowest BCUT2D eigenvalue weighted by molar-refractivity contribution is -0.145. The predicted octanol–water partition coefficient (Wildman–Crippen LogP) is 4.82. The number of aryl methyl sites for hydroxylation is 1. The van der Waals surface area contributed by atoms with Crippen molar-refractivity contribution in [3.63, 3.8) is 0 Å². The van der Waals surface area contributed by atoms with Crippen LogP contribution in [0.25, 0.3) is 17.0 Å². The summed E-state index contributed by atoms with van der Waals surface area (Å²) in [5.41, 5.74) is 4.69. The number of methoxy groups -OCH3 is 1. The van der Waals surface area contributed by atoms with Gasteiger partial charge < -0.3 is 18.6 Å². The van der Waals surface area contributed by atoms with Crippen molar-refractivity contribution in [1.29, 1.82) is 0 Å². The molecule has 0 aliphatic heterocycles. The Bertz CT molecular complexity index is 1020. The van der Waals surface area contributed by atoms with Crippen molar-refractivity contribution in [3.8, 4) is 5.75 Å². The standard InChI is InChI=1S/C23H26O6/c1-7-12(2)23(25)28-11-17-19-13(3)10-27-22(19)21(26-6)16-8-9-18(29-15(5)24)14(4)20(16)17/h7-10,14,18H,11H2,1-6H3/b12-7-/t14-,18+/m0/s1. The summed E-state index contributed by atoms with van der Waals surface area (Å²) in [6.07, 6.45) is 6.69. The van der Waals surface area contributed by atoms with E-state index in [9.17, 15) is 9.59 Å². The topological polar surface area (TPSA) is 75.0 Å². The van der Waals surface area contributed by atoms with Crippen LogP contribution in [0, 0.1) is 6.92 Å². The van der Waals surface area contributed by atoms with Crippen LogP contribution in [0.1, 0.15) is 55.9 Å². The third-order valence-corrected chi connectivity index (χ3v) is 5.35. The van der Waals surface area contributed by atoms with Gasteiger partial charge >= 0.3 is 11.9 Å². The second-order valence-corrected chi connectivity index (χ2v) is 7.23. The molecular formula is C23H26O6. The summed E-state index contributed by atoms with van der Waals surface area (Å²) in [4.78, 5) is 23.8. The molecule has 3 rings (SSSR count). The van der Waals surface area contributed by atoms with Gasteiger partial charge in [-0.25, -0.2) is 4.79 Å². The largest absolute Gasteiger partial charge is 0.492 e. The van der Waals surface area contributed by atoms with E-state index in [1.165, 1.54) is 6.92 Å².